The molecule has 0 aliphatic heterocycles. The third-order valence-electron chi connectivity index (χ3n) is 2.44. The van der Waals surface area contributed by atoms with Crippen LogP contribution in [0.25, 0.3) is 0 Å². The first-order chi connectivity index (χ1) is 8.97. The third kappa shape index (κ3) is 3.24. The lowest BCUT2D eigenvalue weighted by Crippen LogP contribution is -2.13. The lowest BCUT2D eigenvalue weighted by Gasteiger charge is -2.07. The van der Waals surface area contributed by atoms with Crippen molar-refractivity contribution in [2.75, 3.05) is 11.1 Å². The van der Waals surface area contributed by atoms with Gasteiger partial charge in [0.25, 0.3) is 5.91 Å². The Morgan fingerprint density at radius 1 is 1.26 bits per heavy atom. The van der Waals surface area contributed by atoms with Gasteiger partial charge in [0.15, 0.2) is 0 Å². The minimum absolute atomic E-state index is 0.0716. The second-order valence-corrected chi connectivity index (χ2v) is 5.11. The second-order valence-electron chi connectivity index (χ2n) is 3.81. The molecule has 2 rings (SSSR count). The predicted octanol–water partition coefficient (Wildman–Crippen LogP) is 4.08. The first kappa shape index (κ1) is 13.8. The first-order valence-corrected chi connectivity index (χ1v) is 6.46. The van der Waals surface area contributed by atoms with Gasteiger partial charge in [0.2, 0.25) is 0 Å². The summed E-state index contributed by atoms with van der Waals surface area (Å²) in [7, 11) is 0. The molecule has 0 radical (unpaired) electrons. The zero-order valence-electron chi connectivity index (χ0n) is 9.58. The monoisotopic (exact) mass is 342 g/mol. The Morgan fingerprint density at radius 2 is 2.00 bits per heavy atom. The molecular formula is C13H9BrClFN2O. The van der Waals surface area contributed by atoms with Crippen LogP contribution in [-0.4, -0.2) is 5.91 Å². The Morgan fingerprint density at radius 3 is 2.63 bits per heavy atom. The average molecular weight is 344 g/mol. The molecule has 3 N–H and O–H groups in total. The van der Waals surface area contributed by atoms with Gasteiger partial charge in [0.1, 0.15) is 5.82 Å². The fourth-order valence-corrected chi connectivity index (χ4v) is 1.99. The number of rotatable bonds is 2. The standard InChI is InChI=1S/C13H9BrClFN2O/c14-9-5-7(1-3-11(9)17)13(19)18-12-4-2-8(15)6-10(12)16/h1-6H,17H2,(H,18,19). The number of benzene rings is 2. The van der Waals surface area contributed by atoms with E-state index < -0.39 is 11.7 Å². The number of carbonyl (C=O) groups is 1. The molecular weight excluding hydrogens is 335 g/mol. The van der Waals surface area contributed by atoms with E-state index in [1.807, 2.05) is 0 Å². The summed E-state index contributed by atoms with van der Waals surface area (Å²) in [4.78, 5) is 11.9. The van der Waals surface area contributed by atoms with E-state index in [1.165, 1.54) is 12.1 Å². The van der Waals surface area contributed by atoms with E-state index in [0.29, 0.717) is 15.7 Å². The molecule has 2 aromatic carbocycles. The van der Waals surface area contributed by atoms with Gasteiger partial charge in [-0.1, -0.05) is 11.6 Å². The fourth-order valence-electron chi connectivity index (χ4n) is 1.45. The van der Waals surface area contributed by atoms with Crippen LogP contribution in [0.2, 0.25) is 5.02 Å². The summed E-state index contributed by atoms with van der Waals surface area (Å²) >= 11 is 8.86. The predicted molar refractivity (Wildman–Crippen MR) is 77.9 cm³/mol. The number of hydrogen-bond donors (Lipinski definition) is 2. The van der Waals surface area contributed by atoms with E-state index in [1.54, 1.807) is 18.2 Å². The van der Waals surface area contributed by atoms with Crippen molar-refractivity contribution in [3.05, 3.63) is 57.3 Å². The maximum absolute atomic E-state index is 13.5. The topological polar surface area (TPSA) is 55.1 Å². The fraction of sp³-hybridized carbons (Fsp3) is 0. The number of nitrogens with two attached hydrogens (primary N) is 1. The van der Waals surface area contributed by atoms with Gasteiger partial charge >= 0.3 is 0 Å². The van der Waals surface area contributed by atoms with E-state index in [9.17, 15) is 9.18 Å². The van der Waals surface area contributed by atoms with Crippen LogP contribution < -0.4 is 11.1 Å². The zero-order chi connectivity index (χ0) is 14.0. The molecule has 2 aromatic rings. The van der Waals surface area contributed by atoms with Crippen LogP contribution in [0.15, 0.2) is 40.9 Å². The molecule has 0 saturated carbocycles. The van der Waals surface area contributed by atoms with Gasteiger partial charge in [-0.15, -0.1) is 0 Å². The molecule has 19 heavy (non-hydrogen) atoms. The molecule has 0 aliphatic carbocycles. The van der Waals surface area contributed by atoms with Crippen molar-refractivity contribution in [3.8, 4) is 0 Å². The normalized spacial score (nSPS) is 10.3. The maximum atomic E-state index is 13.5. The number of carbonyl (C=O) groups excluding carboxylic acids is 1. The Kier molecular flexibility index (Phi) is 4.07. The van der Waals surface area contributed by atoms with Gasteiger partial charge in [0.05, 0.1) is 5.69 Å². The van der Waals surface area contributed by atoms with Crippen molar-refractivity contribution < 1.29 is 9.18 Å². The highest BCUT2D eigenvalue weighted by Gasteiger charge is 2.10. The molecule has 1 amide bonds. The molecule has 98 valence electrons. The lowest BCUT2D eigenvalue weighted by atomic mass is 10.2. The molecule has 0 atom stereocenters. The maximum Gasteiger partial charge on any atom is 0.255 e. The SMILES string of the molecule is Nc1ccc(C(=O)Nc2ccc(Cl)cc2F)cc1Br. The van der Waals surface area contributed by atoms with Gasteiger partial charge in [-0.3, -0.25) is 4.79 Å². The summed E-state index contributed by atoms with van der Waals surface area (Å²) in [5, 5.41) is 2.74. The highest BCUT2D eigenvalue weighted by molar-refractivity contribution is 9.10. The molecule has 0 spiro atoms. The van der Waals surface area contributed by atoms with E-state index in [0.717, 1.165) is 6.07 Å². The van der Waals surface area contributed by atoms with Gasteiger partial charge in [0, 0.05) is 20.7 Å². The summed E-state index contributed by atoms with van der Waals surface area (Å²) < 4.78 is 14.1. The molecule has 0 heterocycles. The second kappa shape index (κ2) is 5.59. The number of hydrogen-bond acceptors (Lipinski definition) is 2. The molecule has 3 nitrogen and oxygen atoms in total. The van der Waals surface area contributed by atoms with Crippen LogP contribution in [-0.2, 0) is 0 Å². The van der Waals surface area contributed by atoms with Crippen LogP contribution in [0.4, 0.5) is 15.8 Å². The van der Waals surface area contributed by atoms with Crippen molar-refractivity contribution in [3.63, 3.8) is 0 Å². The molecule has 0 bridgehead atoms. The van der Waals surface area contributed by atoms with E-state index >= 15 is 0 Å². The van der Waals surface area contributed by atoms with Crippen molar-refractivity contribution in [1.29, 1.82) is 0 Å². The largest absolute Gasteiger partial charge is 0.398 e. The van der Waals surface area contributed by atoms with Crippen LogP contribution in [0.1, 0.15) is 10.4 Å². The summed E-state index contributed by atoms with van der Waals surface area (Å²) in [6.45, 7) is 0. The van der Waals surface area contributed by atoms with Gasteiger partial charge < -0.3 is 11.1 Å². The minimum Gasteiger partial charge on any atom is -0.398 e. The van der Waals surface area contributed by atoms with E-state index in [-0.39, 0.29) is 10.7 Å². The van der Waals surface area contributed by atoms with E-state index in [2.05, 4.69) is 21.2 Å². The summed E-state index contributed by atoms with van der Waals surface area (Å²) in [5.41, 5.74) is 6.59. The Labute approximate surface area is 122 Å². The quantitative estimate of drug-likeness (QED) is 0.807. The summed E-state index contributed by atoms with van der Waals surface area (Å²) in [6.07, 6.45) is 0. The lowest BCUT2D eigenvalue weighted by molar-refractivity contribution is 0.102. The smallest absolute Gasteiger partial charge is 0.255 e. The number of halogens is 3. The Hall–Kier alpha value is -1.59. The number of nitrogen functional groups attached to an aromatic ring is 1. The molecule has 0 aromatic heterocycles. The zero-order valence-corrected chi connectivity index (χ0v) is 11.9. The number of nitrogens with one attached hydrogen (secondary N) is 1. The number of anilines is 2. The van der Waals surface area contributed by atoms with Crippen LogP contribution in [0, 0.1) is 5.82 Å². The minimum atomic E-state index is -0.588. The molecule has 6 heteroatoms. The van der Waals surface area contributed by atoms with Gasteiger partial charge in [-0.05, 0) is 52.3 Å². The molecule has 0 unspecified atom stereocenters. The van der Waals surface area contributed by atoms with Gasteiger partial charge in [-0.2, -0.15) is 0 Å². The Balaban J connectivity index is 2.23. The van der Waals surface area contributed by atoms with Crippen molar-refractivity contribution >= 4 is 44.8 Å². The average Bonchev–Trinajstić information content (AvgIpc) is 2.36. The molecule has 0 aliphatic rings. The van der Waals surface area contributed by atoms with E-state index in [4.69, 9.17) is 17.3 Å². The van der Waals surface area contributed by atoms with Crippen LogP contribution >= 0.6 is 27.5 Å². The van der Waals surface area contributed by atoms with Crippen LogP contribution in [0.5, 0.6) is 0 Å². The third-order valence-corrected chi connectivity index (χ3v) is 3.36. The Bertz CT molecular complexity index is 649. The van der Waals surface area contributed by atoms with Crippen molar-refractivity contribution in [2.24, 2.45) is 0 Å². The highest BCUT2D eigenvalue weighted by Crippen LogP contribution is 2.22. The van der Waals surface area contributed by atoms with Crippen molar-refractivity contribution in [2.45, 2.75) is 0 Å². The molecule has 0 fully saturated rings. The number of amides is 1. The van der Waals surface area contributed by atoms with Crippen molar-refractivity contribution in [1.82, 2.24) is 0 Å². The summed E-state index contributed by atoms with van der Waals surface area (Å²) in [5.74, 6) is -1.02. The van der Waals surface area contributed by atoms with Crippen LogP contribution in [0.3, 0.4) is 0 Å². The summed E-state index contributed by atoms with van der Waals surface area (Å²) in [6, 6.07) is 8.76. The highest BCUT2D eigenvalue weighted by atomic mass is 79.9. The molecule has 0 saturated heterocycles. The first-order valence-electron chi connectivity index (χ1n) is 5.29. The van der Waals surface area contributed by atoms with Gasteiger partial charge in [-0.25, -0.2) is 4.39 Å².